The zero-order valence-electron chi connectivity index (χ0n) is 18.0. The van der Waals surface area contributed by atoms with Gasteiger partial charge >= 0.3 is 0 Å². The van der Waals surface area contributed by atoms with Crippen molar-refractivity contribution < 1.29 is 15.0 Å². The number of anilines is 1. The van der Waals surface area contributed by atoms with Gasteiger partial charge in [-0.1, -0.05) is 18.6 Å². The smallest absolute Gasteiger partial charge is 0.228 e. The minimum absolute atomic E-state index is 0.279. The number of fused-ring (bicyclic) bond motifs is 1. The summed E-state index contributed by atoms with van der Waals surface area (Å²) >= 11 is 2.27. The van der Waals surface area contributed by atoms with Crippen LogP contribution in [0.15, 0.2) is 36.9 Å². The van der Waals surface area contributed by atoms with Crippen LogP contribution in [0.1, 0.15) is 38.2 Å². The number of aliphatic hydroxyl groups excluding tert-OH is 1. The van der Waals surface area contributed by atoms with Crippen molar-refractivity contribution in [3.8, 4) is 0 Å². The molecule has 4 N–H and O–H groups in total. The number of benzene rings is 1. The Labute approximate surface area is 199 Å². The van der Waals surface area contributed by atoms with Gasteiger partial charge in [0.15, 0.2) is 22.7 Å². The maximum absolute atomic E-state index is 12.6. The van der Waals surface area contributed by atoms with E-state index in [4.69, 9.17) is 0 Å². The first-order valence-corrected chi connectivity index (χ1v) is 11.7. The lowest BCUT2D eigenvalue weighted by Gasteiger charge is -2.41. The molecule has 4 rings (SSSR count). The molecule has 0 unspecified atom stereocenters. The summed E-state index contributed by atoms with van der Waals surface area (Å²) in [5.74, 6) is 0.234. The maximum Gasteiger partial charge on any atom is 0.228 e. The van der Waals surface area contributed by atoms with Crippen molar-refractivity contribution in [3.05, 3.63) is 46.1 Å². The van der Waals surface area contributed by atoms with Crippen LogP contribution in [0.2, 0.25) is 0 Å². The molecule has 1 saturated carbocycles. The third-order valence-corrected chi connectivity index (χ3v) is 7.05. The monoisotopic (exact) mass is 550 g/mol. The van der Waals surface area contributed by atoms with Crippen LogP contribution in [0, 0.1) is 8.99 Å². The average molecular weight is 550 g/mol. The van der Waals surface area contributed by atoms with Crippen molar-refractivity contribution in [1.82, 2.24) is 24.8 Å². The molecule has 0 bridgehead atoms. The van der Waals surface area contributed by atoms with E-state index in [2.05, 4.69) is 54.2 Å². The highest BCUT2D eigenvalue weighted by atomic mass is 127. The Morgan fingerprint density at radius 3 is 2.81 bits per heavy atom. The molecule has 1 aliphatic carbocycles. The summed E-state index contributed by atoms with van der Waals surface area (Å²) in [6, 6.07) is 8.13. The molecule has 2 heterocycles. The predicted octanol–water partition coefficient (Wildman–Crippen LogP) is 2.38. The van der Waals surface area contributed by atoms with Crippen LogP contribution < -0.4 is 10.6 Å². The molecule has 3 aromatic rings. The second-order valence-electron chi connectivity index (χ2n) is 8.48. The molecular weight excluding hydrogens is 523 g/mol. The third-order valence-electron chi connectivity index (χ3n) is 6.38. The van der Waals surface area contributed by atoms with E-state index in [1.807, 2.05) is 18.2 Å². The number of imidazole rings is 1. The van der Waals surface area contributed by atoms with Gasteiger partial charge in [0.25, 0.3) is 0 Å². The lowest BCUT2D eigenvalue weighted by atomic mass is 9.76. The molecule has 0 radical (unpaired) electrons. The van der Waals surface area contributed by atoms with E-state index in [9.17, 15) is 15.0 Å². The summed E-state index contributed by atoms with van der Waals surface area (Å²) in [6.45, 7) is 2.24. The average Bonchev–Trinajstić information content (AvgIpc) is 3.20. The van der Waals surface area contributed by atoms with Crippen molar-refractivity contribution in [3.63, 3.8) is 0 Å². The Balaban J connectivity index is 1.70. The zero-order valence-corrected chi connectivity index (χ0v) is 20.2. The Bertz CT molecular complexity index is 1140. The van der Waals surface area contributed by atoms with E-state index in [0.29, 0.717) is 42.8 Å². The van der Waals surface area contributed by atoms with Gasteiger partial charge in [-0.05, 0) is 66.5 Å². The Morgan fingerprint density at radius 2 is 2.06 bits per heavy atom. The van der Waals surface area contributed by atoms with Gasteiger partial charge in [0.05, 0.1) is 11.7 Å². The van der Waals surface area contributed by atoms with Crippen molar-refractivity contribution in [2.45, 2.75) is 51.0 Å². The molecule has 10 heteroatoms. The molecule has 1 amide bonds. The van der Waals surface area contributed by atoms with Crippen molar-refractivity contribution >= 4 is 45.5 Å². The molecule has 9 nitrogen and oxygen atoms in total. The van der Waals surface area contributed by atoms with Crippen LogP contribution in [0.4, 0.5) is 5.82 Å². The van der Waals surface area contributed by atoms with Gasteiger partial charge in [-0.3, -0.25) is 9.36 Å². The Hall–Kier alpha value is -2.31. The first-order chi connectivity index (χ1) is 15.3. The van der Waals surface area contributed by atoms with Gasteiger partial charge in [0.2, 0.25) is 5.91 Å². The summed E-state index contributed by atoms with van der Waals surface area (Å²) in [6.07, 6.45) is 3.65. The minimum Gasteiger partial charge on any atom is -0.387 e. The van der Waals surface area contributed by atoms with E-state index in [-0.39, 0.29) is 12.3 Å². The van der Waals surface area contributed by atoms with Crippen LogP contribution in [0.5, 0.6) is 0 Å². The van der Waals surface area contributed by atoms with Crippen LogP contribution >= 0.6 is 22.6 Å². The van der Waals surface area contributed by atoms with Crippen molar-refractivity contribution in [1.29, 1.82) is 0 Å². The molecule has 3 atom stereocenters. The van der Waals surface area contributed by atoms with Crippen LogP contribution in [0.25, 0.3) is 11.2 Å². The van der Waals surface area contributed by atoms with Crippen molar-refractivity contribution in [2.75, 3.05) is 12.4 Å². The number of hydrogen-bond acceptors (Lipinski definition) is 7. The van der Waals surface area contributed by atoms with Gasteiger partial charge < -0.3 is 20.8 Å². The van der Waals surface area contributed by atoms with Gasteiger partial charge in [-0.2, -0.15) is 0 Å². The SMILES string of the molecule is CNC(=O)[C@]1(C)CCCC[C@](O)(n2cnc3c(NCc4cccc(I)c4)ncnc32)[C@@H]1O. The number of aromatic nitrogens is 4. The fraction of sp³-hybridized carbons (Fsp3) is 0.455. The second kappa shape index (κ2) is 8.91. The molecule has 0 spiro atoms. The second-order valence-corrected chi connectivity index (χ2v) is 9.72. The fourth-order valence-corrected chi connectivity index (χ4v) is 5.12. The number of aliphatic hydroxyl groups is 2. The van der Waals surface area contributed by atoms with E-state index in [1.165, 1.54) is 24.3 Å². The van der Waals surface area contributed by atoms with E-state index in [1.54, 1.807) is 6.92 Å². The van der Waals surface area contributed by atoms with Crippen molar-refractivity contribution in [2.24, 2.45) is 5.41 Å². The lowest BCUT2D eigenvalue weighted by molar-refractivity contribution is -0.183. The molecule has 1 fully saturated rings. The minimum atomic E-state index is -1.73. The van der Waals surface area contributed by atoms with Gasteiger partial charge in [0, 0.05) is 17.2 Å². The molecule has 1 aromatic carbocycles. The number of halogens is 1. The number of amides is 1. The largest absolute Gasteiger partial charge is 0.387 e. The highest BCUT2D eigenvalue weighted by molar-refractivity contribution is 14.1. The van der Waals surface area contributed by atoms with Gasteiger partial charge in [-0.15, -0.1) is 0 Å². The summed E-state index contributed by atoms with van der Waals surface area (Å²) in [5, 5.41) is 28.9. The number of rotatable bonds is 5. The number of nitrogens with one attached hydrogen (secondary N) is 2. The summed E-state index contributed by atoms with van der Waals surface area (Å²) in [4.78, 5) is 25.7. The molecule has 0 saturated heterocycles. The number of carbonyl (C=O) groups excluding carboxylic acids is 1. The Morgan fingerprint density at radius 1 is 1.28 bits per heavy atom. The van der Waals surface area contributed by atoms with Crippen LogP contribution in [-0.2, 0) is 17.1 Å². The summed E-state index contributed by atoms with van der Waals surface area (Å²) < 4.78 is 2.63. The molecule has 1 aliphatic rings. The van der Waals surface area contributed by atoms with Gasteiger partial charge in [-0.25, -0.2) is 15.0 Å². The molecule has 32 heavy (non-hydrogen) atoms. The number of nitrogens with zero attached hydrogens (tertiary/aromatic N) is 4. The molecule has 0 aliphatic heterocycles. The standard InChI is InChI=1S/C22H27IN6O3/c1-21(20(31)24-2)8-3-4-9-22(32,19(21)30)29-13-28-16-17(26-12-27-18(16)29)25-11-14-6-5-7-15(23)10-14/h5-7,10,12-13,19,30,32H,3-4,8-9,11H2,1-2H3,(H,24,31)(H,25,26,27)/t19-,21-,22-/m1/s1. The first kappa shape index (κ1) is 22.9. The Kier molecular flexibility index (Phi) is 6.37. The topological polar surface area (TPSA) is 125 Å². The predicted molar refractivity (Wildman–Crippen MR) is 129 cm³/mol. The van der Waals surface area contributed by atoms with E-state index < -0.39 is 17.2 Å². The summed E-state index contributed by atoms with van der Waals surface area (Å²) in [7, 11) is 1.54. The van der Waals surface area contributed by atoms with Crippen LogP contribution in [0.3, 0.4) is 0 Å². The first-order valence-electron chi connectivity index (χ1n) is 10.6. The van der Waals surface area contributed by atoms with Crippen LogP contribution in [-0.4, -0.2) is 48.8 Å². The zero-order chi connectivity index (χ0) is 22.9. The normalized spacial score (nSPS) is 26.0. The van der Waals surface area contributed by atoms with E-state index >= 15 is 0 Å². The lowest BCUT2D eigenvalue weighted by Crippen LogP contribution is -2.56. The third kappa shape index (κ3) is 3.95. The molecule has 2 aromatic heterocycles. The number of carbonyl (C=O) groups is 1. The quantitative estimate of drug-likeness (QED) is 0.284. The number of hydrogen-bond donors (Lipinski definition) is 4. The molecule has 170 valence electrons. The van der Waals surface area contributed by atoms with E-state index in [0.717, 1.165) is 9.13 Å². The fourth-order valence-electron chi connectivity index (χ4n) is 4.52. The molecular formula is C22H27IN6O3. The highest BCUT2D eigenvalue weighted by Gasteiger charge is 2.53. The summed E-state index contributed by atoms with van der Waals surface area (Å²) in [5.41, 5.74) is -0.886. The highest BCUT2D eigenvalue weighted by Crippen LogP contribution is 2.43. The maximum atomic E-state index is 12.6. The van der Waals surface area contributed by atoms with Gasteiger partial charge in [0.1, 0.15) is 12.4 Å².